The van der Waals surface area contributed by atoms with Gasteiger partial charge in [-0.1, -0.05) is 41.0 Å². The number of hydrogen-bond donors (Lipinski definition) is 2. The molecule has 0 aliphatic carbocycles. The third kappa shape index (κ3) is 2.94. The van der Waals surface area contributed by atoms with Crippen molar-refractivity contribution >= 4 is 11.6 Å². The van der Waals surface area contributed by atoms with E-state index in [1.54, 1.807) is 0 Å². The predicted molar refractivity (Wildman–Crippen MR) is 92.3 cm³/mol. The highest BCUT2D eigenvalue weighted by molar-refractivity contribution is 6.30. The molecule has 1 aromatic heterocycles. The monoisotopic (exact) mass is 340 g/mol. The lowest BCUT2D eigenvalue weighted by Gasteiger charge is -2.12. The van der Waals surface area contributed by atoms with Crippen LogP contribution in [0, 0.1) is 6.92 Å². The molecule has 24 heavy (non-hydrogen) atoms. The molecule has 0 amide bonds. The van der Waals surface area contributed by atoms with Crippen LogP contribution in [0.2, 0.25) is 5.02 Å². The number of nitrogens with zero attached hydrogens (tertiary/aromatic N) is 2. The minimum absolute atomic E-state index is 0.0110. The third-order valence-electron chi connectivity index (χ3n) is 4.31. The summed E-state index contributed by atoms with van der Waals surface area (Å²) in [5.74, 6) is 1.16. The normalized spacial score (nSPS) is 20.4. The molecule has 2 aromatic carbocycles. The number of hydrazine groups is 1. The van der Waals surface area contributed by atoms with Gasteiger partial charge in [0.05, 0.1) is 0 Å². The standard InChI is InChI=1S/C18H17ClN4O/c1-11-4-2-3-5-14(11)15-10-16(22-21-15)18-20-17(23-24-18)12-6-8-13(19)9-7-12/h2-9,15-16,21-22H,10H2,1H3. The molecule has 1 saturated heterocycles. The summed E-state index contributed by atoms with van der Waals surface area (Å²) in [6.07, 6.45) is 0.854. The van der Waals surface area contributed by atoms with Crippen LogP contribution in [0.15, 0.2) is 53.1 Å². The van der Waals surface area contributed by atoms with Gasteiger partial charge in [0.2, 0.25) is 11.7 Å². The van der Waals surface area contributed by atoms with E-state index in [2.05, 4.69) is 52.2 Å². The summed E-state index contributed by atoms with van der Waals surface area (Å²) < 4.78 is 5.45. The molecule has 5 nitrogen and oxygen atoms in total. The van der Waals surface area contributed by atoms with Crippen LogP contribution in [0.1, 0.15) is 35.5 Å². The van der Waals surface area contributed by atoms with Gasteiger partial charge in [0.15, 0.2) is 0 Å². The molecule has 122 valence electrons. The highest BCUT2D eigenvalue weighted by Crippen LogP contribution is 2.32. The number of nitrogens with one attached hydrogen (secondary N) is 2. The van der Waals surface area contributed by atoms with E-state index in [1.807, 2.05) is 24.3 Å². The van der Waals surface area contributed by atoms with Crippen LogP contribution in [0.3, 0.4) is 0 Å². The first-order valence-corrected chi connectivity index (χ1v) is 8.24. The number of aryl methyl sites for hydroxylation is 1. The van der Waals surface area contributed by atoms with Gasteiger partial charge in [0, 0.05) is 16.6 Å². The Hall–Kier alpha value is -2.21. The number of rotatable bonds is 3. The fourth-order valence-electron chi connectivity index (χ4n) is 2.99. The number of benzene rings is 2. The van der Waals surface area contributed by atoms with Gasteiger partial charge in [-0.15, -0.1) is 0 Å². The highest BCUT2D eigenvalue weighted by Gasteiger charge is 2.30. The first kappa shape index (κ1) is 15.3. The molecule has 3 aromatic rings. The van der Waals surface area contributed by atoms with Crippen molar-refractivity contribution in [2.75, 3.05) is 0 Å². The van der Waals surface area contributed by atoms with E-state index in [0.29, 0.717) is 16.7 Å². The Morgan fingerprint density at radius 2 is 1.79 bits per heavy atom. The first-order valence-electron chi connectivity index (χ1n) is 7.87. The van der Waals surface area contributed by atoms with Crippen LogP contribution < -0.4 is 10.9 Å². The van der Waals surface area contributed by atoms with Crippen LogP contribution in [-0.4, -0.2) is 10.1 Å². The van der Waals surface area contributed by atoms with E-state index >= 15 is 0 Å². The number of halogens is 1. The zero-order chi connectivity index (χ0) is 16.5. The average Bonchev–Trinajstić information content (AvgIpc) is 3.25. The molecule has 1 fully saturated rings. The maximum absolute atomic E-state index is 5.91. The van der Waals surface area contributed by atoms with E-state index in [9.17, 15) is 0 Å². The van der Waals surface area contributed by atoms with E-state index in [-0.39, 0.29) is 12.1 Å². The van der Waals surface area contributed by atoms with Gasteiger partial charge in [-0.2, -0.15) is 4.98 Å². The molecule has 1 aliphatic rings. The van der Waals surface area contributed by atoms with E-state index in [1.165, 1.54) is 11.1 Å². The lowest BCUT2D eigenvalue weighted by atomic mass is 9.98. The van der Waals surface area contributed by atoms with Crippen LogP contribution in [-0.2, 0) is 0 Å². The van der Waals surface area contributed by atoms with E-state index < -0.39 is 0 Å². The fourth-order valence-corrected chi connectivity index (χ4v) is 3.12. The maximum Gasteiger partial charge on any atom is 0.245 e. The lowest BCUT2D eigenvalue weighted by molar-refractivity contribution is 0.340. The smallest absolute Gasteiger partial charge is 0.245 e. The minimum atomic E-state index is -0.0110. The quantitative estimate of drug-likeness (QED) is 0.755. The van der Waals surface area contributed by atoms with Crippen molar-refractivity contribution in [3.05, 3.63) is 70.6 Å². The lowest BCUT2D eigenvalue weighted by Crippen LogP contribution is -2.27. The molecule has 0 spiro atoms. The molecule has 6 heteroatoms. The van der Waals surface area contributed by atoms with Crippen molar-refractivity contribution < 1.29 is 4.52 Å². The van der Waals surface area contributed by atoms with Crippen LogP contribution in [0.25, 0.3) is 11.4 Å². The largest absolute Gasteiger partial charge is 0.337 e. The van der Waals surface area contributed by atoms with Crippen molar-refractivity contribution in [1.29, 1.82) is 0 Å². The Bertz CT molecular complexity index is 846. The van der Waals surface area contributed by atoms with Gasteiger partial charge in [0.25, 0.3) is 0 Å². The van der Waals surface area contributed by atoms with Gasteiger partial charge >= 0.3 is 0 Å². The second kappa shape index (κ2) is 6.36. The van der Waals surface area contributed by atoms with Gasteiger partial charge in [0.1, 0.15) is 6.04 Å². The first-order chi connectivity index (χ1) is 11.7. The molecule has 0 bridgehead atoms. The molecule has 1 aliphatic heterocycles. The minimum Gasteiger partial charge on any atom is -0.337 e. The molecule has 4 rings (SSSR count). The molecule has 0 saturated carbocycles. The molecule has 2 N–H and O–H groups in total. The summed E-state index contributed by atoms with van der Waals surface area (Å²) in [6, 6.07) is 16.0. The van der Waals surface area contributed by atoms with Crippen LogP contribution in [0.5, 0.6) is 0 Å². The second-order valence-electron chi connectivity index (χ2n) is 5.95. The van der Waals surface area contributed by atoms with Crippen molar-refractivity contribution in [3.63, 3.8) is 0 Å². The molecule has 2 atom stereocenters. The van der Waals surface area contributed by atoms with Gasteiger partial charge < -0.3 is 4.52 Å². The zero-order valence-electron chi connectivity index (χ0n) is 13.2. The topological polar surface area (TPSA) is 63.0 Å². The Morgan fingerprint density at radius 1 is 1.04 bits per heavy atom. The second-order valence-corrected chi connectivity index (χ2v) is 6.39. The van der Waals surface area contributed by atoms with E-state index in [0.717, 1.165) is 12.0 Å². The van der Waals surface area contributed by atoms with Gasteiger partial charge in [-0.05, 0) is 48.7 Å². The number of hydrogen-bond acceptors (Lipinski definition) is 5. The highest BCUT2D eigenvalue weighted by atomic mass is 35.5. The zero-order valence-corrected chi connectivity index (χ0v) is 13.9. The molecule has 2 heterocycles. The third-order valence-corrected chi connectivity index (χ3v) is 4.56. The molecular formula is C18H17ClN4O. The predicted octanol–water partition coefficient (Wildman–Crippen LogP) is 3.98. The molecular weight excluding hydrogens is 324 g/mol. The Morgan fingerprint density at radius 3 is 2.58 bits per heavy atom. The summed E-state index contributed by atoms with van der Waals surface area (Å²) in [6.45, 7) is 2.12. The van der Waals surface area contributed by atoms with Crippen molar-refractivity contribution in [1.82, 2.24) is 21.0 Å². The van der Waals surface area contributed by atoms with Gasteiger partial charge in [-0.25, -0.2) is 10.9 Å². The van der Waals surface area contributed by atoms with Crippen molar-refractivity contribution in [2.24, 2.45) is 0 Å². The number of aromatic nitrogens is 2. The van der Waals surface area contributed by atoms with Gasteiger partial charge in [-0.3, -0.25) is 0 Å². The average molecular weight is 341 g/mol. The Labute approximate surface area is 145 Å². The van der Waals surface area contributed by atoms with E-state index in [4.69, 9.17) is 16.1 Å². The Balaban J connectivity index is 1.52. The summed E-state index contributed by atoms with van der Waals surface area (Å²) in [5, 5.41) is 4.76. The maximum atomic E-state index is 5.91. The fraction of sp³-hybridized carbons (Fsp3) is 0.222. The van der Waals surface area contributed by atoms with Crippen molar-refractivity contribution in [3.8, 4) is 11.4 Å². The van der Waals surface area contributed by atoms with Crippen LogP contribution in [0.4, 0.5) is 0 Å². The summed E-state index contributed by atoms with van der Waals surface area (Å²) >= 11 is 5.91. The van der Waals surface area contributed by atoms with Crippen LogP contribution >= 0.6 is 11.6 Å². The SMILES string of the molecule is Cc1ccccc1C1CC(c2nc(-c3ccc(Cl)cc3)no2)NN1. The molecule has 2 unspecified atom stereocenters. The molecule has 0 radical (unpaired) electrons. The summed E-state index contributed by atoms with van der Waals surface area (Å²) in [5.41, 5.74) is 10.0. The summed E-state index contributed by atoms with van der Waals surface area (Å²) in [4.78, 5) is 4.52. The summed E-state index contributed by atoms with van der Waals surface area (Å²) in [7, 11) is 0. The Kier molecular flexibility index (Phi) is 4.06. The van der Waals surface area contributed by atoms with Crippen molar-refractivity contribution in [2.45, 2.75) is 25.4 Å².